The van der Waals surface area contributed by atoms with Gasteiger partial charge in [0.25, 0.3) is 0 Å². The lowest BCUT2D eigenvalue weighted by Crippen LogP contribution is -2.49. The largest absolute Gasteiger partial charge is 0.355 e. The number of anilines is 2. The van der Waals surface area contributed by atoms with Crippen molar-refractivity contribution in [1.29, 1.82) is 0 Å². The summed E-state index contributed by atoms with van der Waals surface area (Å²) in [4.78, 5) is 26.5. The molecule has 0 N–H and O–H groups in total. The Morgan fingerprint density at radius 1 is 1.04 bits per heavy atom. The van der Waals surface area contributed by atoms with Crippen LogP contribution >= 0.6 is 0 Å². The smallest absolute Gasteiger partial charge is 0.231 e. The number of aromatic nitrogens is 2. The minimum Gasteiger partial charge on any atom is -0.355 e. The van der Waals surface area contributed by atoms with Crippen molar-refractivity contribution in [3.8, 4) is 0 Å². The molecule has 0 saturated carbocycles. The highest BCUT2D eigenvalue weighted by Crippen LogP contribution is 2.33. The predicted molar refractivity (Wildman–Crippen MR) is 109 cm³/mol. The highest BCUT2D eigenvalue weighted by Gasteiger charge is 2.36. The van der Waals surface area contributed by atoms with Crippen LogP contribution in [0.25, 0.3) is 11.0 Å². The van der Waals surface area contributed by atoms with Gasteiger partial charge in [-0.15, -0.1) is 0 Å². The van der Waals surface area contributed by atoms with Gasteiger partial charge in [-0.3, -0.25) is 9.69 Å². The van der Waals surface area contributed by atoms with E-state index in [1.807, 2.05) is 36.2 Å². The van der Waals surface area contributed by atoms with Crippen molar-refractivity contribution < 1.29 is 13.2 Å². The number of sulfonamides is 1. The van der Waals surface area contributed by atoms with E-state index in [2.05, 4.69) is 0 Å². The molecule has 1 aromatic heterocycles. The molecular weight excluding hydrogens is 378 g/mol. The predicted octanol–water partition coefficient (Wildman–Crippen LogP) is 1.47. The average molecular weight is 404 g/mol. The van der Waals surface area contributed by atoms with E-state index in [1.165, 1.54) is 4.31 Å². The number of para-hydroxylation sites is 2. The van der Waals surface area contributed by atoms with E-state index in [4.69, 9.17) is 9.97 Å². The highest BCUT2D eigenvalue weighted by atomic mass is 32.2. The second kappa shape index (κ2) is 7.29. The van der Waals surface area contributed by atoms with Gasteiger partial charge in [-0.05, 0) is 31.9 Å². The molecule has 2 aliphatic heterocycles. The Hall–Kier alpha value is -2.26. The maximum atomic E-state index is 13.3. The van der Waals surface area contributed by atoms with Gasteiger partial charge >= 0.3 is 0 Å². The van der Waals surface area contributed by atoms with Crippen molar-refractivity contribution in [3.63, 3.8) is 0 Å². The SMILES string of the molecule is CCS(=O)(=O)N1CCC(C(=O)N2CCN(C)c3nc4ccccc4nc32)CC1. The molecule has 1 saturated heterocycles. The van der Waals surface area contributed by atoms with Crippen LogP contribution < -0.4 is 9.80 Å². The zero-order chi connectivity index (χ0) is 19.9. The Kier molecular flexibility index (Phi) is 4.96. The van der Waals surface area contributed by atoms with Crippen LogP contribution in [0.3, 0.4) is 0 Å². The zero-order valence-corrected chi connectivity index (χ0v) is 17.0. The van der Waals surface area contributed by atoms with Gasteiger partial charge in [0.05, 0.1) is 16.8 Å². The summed E-state index contributed by atoms with van der Waals surface area (Å²) in [6.07, 6.45) is 1.08. The quantitative estimate of drug-likeness (QED) is 0.771. The first kappa shape index (κ1) is 19.1. The normalized spacial score (nSPS) is 19.1. The molecule has 3 heterocycles. The molecule has 0 unspecified atom stereocenters. The van der Waals surface area contributed by atoms with Crippen LogP contribution in [0.4, 0.5) is 11.6 Å². The molecule has 0 atom stereocenters. The lowest BCUT2D eigenvalue weighted by atomic mass is 9.96. The number of nitrogens with zero attached hydrogens (tertiary/aromatic N) is 5. The number of likely N-dealkylation sites (N-methyl/N-ethyl adjacent to an activating group) is 1. The van der Waals surface area contributed by atoms with E-state index >= 15 is 0 Å². The van der Waals surface area contributed by atoms with Crippen LogP contribution in [0.2, 0.25) is 0 Å². The van der Waals surface area contributed by atoms with E-state index in [0.29, 0.717) is 50.7 Å². The second-order valence-electron chi connectivity index (χ2n) is 7.34. The number of hydrogen-bond acceptors (Lipinski definition) is 6. The lowest BCUT2D eigenvalue weighted by Gasteiger charge is -2.37. The molecule has 1 fully saturated rings. The molecule has 2 aromatic rings. The van der Waals surface area contributed by atoms with Crippen LogP contribution in [0.5, 0.6) is 0 Å². The lowest BCUT2D eigenvalue weighted by molar-refractivity contribution is -0.123. The van der Waals surface area contributed by atoms with Gasteiger partial charge in [-0.25, -0.2) is 22.7 Å². The maximum absolute atomic E-state index is 13.3. The second-order valence-corrected chi connectivity index (χ2v) is 9.60. The van der Waals surface area contributed by atoms with E-state index in [1.54, 1.807) is 11.8 Å². The monoisotopic (exact) mass is 403 g/mol. The molecule has 1 aromatic carbocycles. The molecule has 4 rings (SSSR count). The highest BCUT2D eigenvalue weighted by molar-refractivity contribution is 7.89. The number of piperidine rings is 1. The van der Waals surface area contributed by atoms with Gasteiger partial charge in [-0.1, -0.05) is 12.1 Å². The number of benzene rings is 1. The standard InChI is InChI=1S/C19H25N5O3S/c1-3-28(26,27)23-10-8-14(9-11-23)19(25)24-13-12-22(2)17-18(24)21-16-7-5-4-6-15(16)20-17/h4-7,14H,3,8-13H2,1-2H3. The van der Waals surface area contributed by atoms with Gasteiger partial charge in [-0.2, -0.15) is 0 Å². The fourth-order valence-corrected chi connectivity index (χ4v) is 5.01. The molecule has 150 valence electrons. The molecule has 9 heteroatoms. The molecule has 0 aliphatic carbocycles. The Morgan fingerprint density at radius 3 is 2.25 bits per heavy atom. The fourth-order valence-electron chi connectivity index (χ4n) is 3.88. The van der Waals surface area contributed by atoms with Gasteiger partial charge in [0.2, 0.25) is 15.9 Å². The van der Waals surface area contributed by atoms with Gasteiger partial charge in [0.15, 0.2) is 11.6 Å². The third-order valence-corrected chi connectivity index (χ3v) is 7.52. The molecule has 0 radical (unpaired) electrons. The van der Waals surface area contributed by atoms with Crippen molar-refractivity contribution in [2.24, 2.45) is 5.92 Å². The van der Waals surface area contributed by atoms with Crippen LogP contribution in [0, 0.1) is 5.92 Å². The molecule has 8 nitrogen and oxygen atoms in total. The van der Waals surface area contributed by atoms with Crippen molar-refractivity contribution in [2.75, 3.05) is 48.8 Å². The summed E-state index contributed by atoms with van der Waals surface area (Å²) < 4.78 is 25.6. The van der Waals surface area contributed by atoms with Gasteiger partial charge in [0.1, 0.15) is 0 Å². The third-order valence-electron chi connectivity index (χ3n) is 5.64. The summed E-state index contributed by atoms with van der Waals surface area (Å²) in [5.74, 6) is 1.24. The first-order chi connectivity index (χ1) is 13.4. The van der Waals surface area contributed by atoms with E-state index in [-0.39, 0.29) is 17.6 Å². The van der Waals surface area contributed by atoms with Crippen LogP contribution in [0.1, 0.15) is 19.8 Å². The molecule has 0 bridgehead atoms. The average Bonchev–Trinajstić information content (AvgIpc) is 2.72. The molecule has 0 spiro atoms. The van der Waals surface area contributed by atoms with E-state index < -0.39 is 10.0 Å². The number of carbonyl (C=O) groups excluding carboxylic acids is 1. The summed E-state index contributed by atoms with van der Waals surface area (Å²) >= 11 is 0. The van der Waals surface area contributed by atoms with Crippen molar-refractivity contribution in [1.82, 2.24) is 14.3 Å². The molecule has 2 aliphatic rings. The minimum atomic E-state index is -3.20. The van der Waals surface area contributed by atoms with Gasteiger partial charge < -0.3 is 4.90 Å². The third kappa shape index (κ3) is 3.33. The number of fused-ring (bicyclic) bond motifs is 2. The molecule has 1 amide bonds. The van der Waals surface area contributed by atoms with Crippen LogP contribution in [0.15, 0.2) is 24.3 Å². The minimum absolute atomic E-state index is 0.0208. The molecular formula is C19H25N5O3S. The van der Waals surface area contributed by atoms with E-state index in [0.717, 1.165) is 11.0 Å². The number of hydrogen-bond donors (Lipinski definition) is 0. The Morgan fingerprint density at radius 2 is 1.64 bits per heavy atom. The summed E-state index contributed by atoms with van der Waals surface area (Å²) in [5, 5.41) is 0. The van der Waals surface area contributed by atoms with Crippen molar-refractivity contribution in [3.05, 3.63) is 24.3 Å². The first-order valence-corrected chi connectivity index (χ1v) is 11.3. The number of rotatable bonds is 3. The summed E-state index contributed by atoms with van der Waals surface area (Å²) in [5.41, 5.74) is 1.57. The zero-order valence-electron chi connectivity index (χ0n) is 16.2. The number of carbonyl (C=O) groups is 1. The number of amides is 1. The van der Waals surface area contributed by atoms with Crippen LogP contribution in [-0.2, 0) is 14.8 Å². The van der Waals surface area contributed by atoms with Crippen molar-refractivity contribution in [2.45, 2.75) is 19.8 Å². The summed E-state index contributed by atoms with van der Waals surface area (Å²) in [6.45, 7) is 3.70. The Labute approximate surface area is 165 Å². The maximum Gasteiger partial charge on any atom is 0.231 e. The van der Waals surface area contributed by atoms with Gasteiger partial charge in [0, 0.05) is 39.1 Å². The summed E-state index contributed by atoms with van der Waals surface area (Å²) in [6, 6.07) is 7.65. The van der Waals surface area contributed by atoms with Crippen LogP contribution in [-0.4, -0.2) is 67.6 Å². The van der Waals surface area contributed by atoms with E-state index in [9.17, 15) is 13.2 Å². The Balaban J connectivity index is 1.58. The summed E-state index contributed by atoms with van der Waals surface area (Å²) in [7, 11) is -1.24. The van der Waals surface area contributed by atoms with Crippen molar-refractivity contribution >= 4 is 38.6 Å². The Bertz CT molecular complexity index is 1000. The fraction of sp³-hybridized carbons (Fsp3) is 0.526. The molecule has 28 heavy (non-hydrogen) atoms. The topological polar surface area (TPSA) is 86.7 Å². The first-order valence-electron chi connectivity index (χ1n) is 9.68.